The Morgan fingerprint density at radius 3 is 2.52 bits per heavy atom. The largest absolute Gasteiger partial charge is 0.507 e. The summed E-state index contributed by atoms with van der Waals surface area (Å²) in [6.45, 7) is 5.61. The van der Waals surface area contributed by atoms with Gasteiger partial charge in [-0.1, -0.05) is 13.0 Å². The topological polar surface area (TPSA) is 121 Å². The van der Waals surface area contributed by atoms with Crippen LogP contribution in [0.25, 0.3) is 0 Å². The molecule has 10 nitrogen and oxygen atoms in total. The Hall–Kier alpha value is -1.77. The maximum absolute atomic E-state index is 12.5. The van der Waals surface area contributed by atoms with Crippen LogP contribution in [-0.2, 0) is 22.4 Å². The Balaban J connectivity index is 0.00000323. The number of carbonyl (C=O) groups is 1. The van der Waals surface area contributed by atoms with Crippen LogP contribution in [0.2, 0.25) is 0 Å². The number of likely N-dealkylation sites (N-methyl/N-ethyl adjacent to an activating group) is 1. The number of nitrogens with zero attached hydrogens (tertiary/aromatic N) is 2. The number of aliphatic hydroxyl groups is 1. The van der Waals surface area contributed by atoms with Gasteiger partial charge in [-0.2, -0.15) is 0 Å². The van der Waals surface area contributed by atoms with E-state index in [0.717, 1.165) is 16.7 Å². The van der Waals surface area contributed by atoms with Gasteiger partial charge in [-0.05, 0) is 51.3 Å². The van der Waals surface area contributed by atoms with Gasteiger partial charge in [-0.3, -0.25) is 14.6 Å². The summed E-state index contributed by atoms with van der Waals surface area (Å²) in [7, 11) is 3.50. The molecule has 4 heterocycles. The van der Waals surface area contributed by atoms with Gasteiger partial charge in [0.25, 0.3) is 0 Å². The number of ether oxygens (including phenoxy) is 4. The molecule has 0 saturated carbocycles. The SMILES string of the molecule is CCCC(=O)OC[C@H]1c2c(c(O)c(C)c3c2OCO3)CC2[C@H]3c4c(cc(C)c(OC)c4O)C[C@@H]([C@H](O)N21)N3C.[Ac]. The van der Waals surface area contributed by atoms with Gasteiger partial charge in [0.15, 0.2) is 23.0 Å². The zero-order chi connectivity index (χ0) is 27.7. The van der Waals surface area contributed by atoms with Crippen LogP contribution >= 0.6 is 0 Å². The van der Waals surface area contributed by atoms with Gasteiger partial charge in [0, 0.05) is 78.8 Å². The van der Waals surface area contributed by atoms with Crippen LogP contribution in [0.15, 0.2) is 6.07 Å². The quantitative estimate of drug-likeness (QED) is 0.392. The fourth-order valence-corrected chi connectivity index (χ4v) is 7.26. The van der Waals surface area contributed by atoms with Crippen molar-refractivity contribution in [1.82, 2.24) is 9.80 Å². The average molecular weight is 768 g/mol. The zero-order valence-corrected chi connectivity index (χ0v) is 28.3. The number of carbonyl (C=O) groups excluding carboxylic acids is 1. The number of benzene rings is 2. The van der Waals surface area contributed by atoms with Crippen molar-refractivity contribution >= 4 is 5.97 Å². The van der Waals surface area contributed by atoms with Crippen molar-refractivity contribution in [3.63, 3.8) is 0 Å². The number of phenols is 2. The second kappa shape index (κ2) is 11.1. The molecule has 213 valence electrons. The molecule has 2 aromatic carbocycles. The van der Waals surface area contributed by atoms with Crippen LogP contribution in [0.3, 0.4) is 0 Å². The van der Waals surface area contributed by atoms with E-state index in [2.05, 4.69) is 4.90 Å². The molecule has 4 aliphatic heterocycles. The molecule has 2 bridgehead atoms. The number of piperazine rings is 1. The van der Waals surface area contributed by atoms with Crippen molar-refractivity contribution in [3.8, 4) is 28.7 Å². The minimum Gasteiger partial charge on any atom is -0.507 e. The molecule has 40 heavy (non-hydrogen) atoms. The molecule has 6 rings (SSSR count). The second-order valence-corrected chi connectivity index (χ2v) is 11.0. The van der Waals surface area contributed by atoms with Gasteiger partial charge in [-0.25, -0.2) is 0 Å². The first kappa shape index (κ1) is 29.7. The number of hydrogen-bond donors (Lipinski definition) is 3. The fraction of sp³-hybridized carbons (Fsp3) is 0.552. The van der Waals surface area contributed by atoms with Gasteiger partial charge in [0.2, 0.25) is 6.79 Å². The Morgan fingerprint density at radius 1 is 1.10 bits per heavy atom. The third kappa shape index (κ3) is 4.30. The standard InChI is InChI=1S/C29H36N2O8.Ac/c1-6-7-20(32)37-11-19-22-16(24(33)14(3)27-28(22)39-12-38-27)10-17-23-21-15(8-13(2)26(36-5)25(21)34)9-18(30(23)4)29(35)31(17)19;/h8,17-19,23,29,33-35H,6-7,9-12H2,1-5H3;/t17?,18-,19-,23-,29-;/m0./s1. The molecule has 3 N–H and O–H groups in total. The molecule has 2 aromatic rings. The van der Waals surface area contributed by atoms with Crippen molar-refractivity contribution in [2.24, 2.45) is 0 Å². The normalized spacial score (nSPS) is 26.3. The van der Waals surface area contributed by atoms with Crippen molar-refractivity contribution in [2.75, 3.05) is 27.6 Å². The second-order valence-electron chi connectivity index (χ2n) is 11.0. The average Bonchev–Trinajstić information content (AvgIpc) is 3.39. The number of aliphatic hydroxyl groups excluding tert-OH is 1. The van der Waals surface area contributed by atoms with Crippen LogP contribution < -0.4 is 14.2 Å². The van der Waals surface area contributed by atoms with E-state index >= 15 is 0 Å². The number of hydrogen-bond acceptors (Lipinski definition) is 10. The molecule has 0 aromatic heterocycles. The summed E-state index contributed by atoms with van der Waals surface area (Å²) in [6, 6.07) is 0.497. The van der Waals surface area contributed by atoms with E-state index in [1.54, 1.807) is 14.0 Å². The monoisotopic (exact) mass is 767 g/mol. The smallest absolute Gasteiger partial charge is 0.305 e. The third-order valence-corrected chi connectivity index (χ3v) is 8.98. The number of aromatic hydroxyl groups is 2. The molecule has 1 radical (unpaired) electrons. The predicted octanol–water partition coefficient (Wildman–Crippen LogP) is 2.99. The van der Waals surface area contributed by atoms with E-state index in [0.29, 0.717) is 53.2 Å². The minimum atomic E-state index is -0.904. The van der Waals surface area contributed by atoms with E-state index in [1.165, 1.54) is 0 Å². The van der Waals surface area contributed by atoms with Gasteiger partial charge < -0.3 is 34.3 Å². The van der Waals surface area contributed by atoms with Crippen LogP contribution in [0, 0.1) is 57.9 Å². The molecule has 4 aliphatic rings. The predicted molar refractivity (Wildman–Crippen MR) is 140 cm³/mol. The van der Waals surface area contributed by atoms with Crippen molar-refractivity contribution in [3.05, 3.63) is 39.4 Å². The molecular weight excluding hydrogens is 731 g/mol. The fourth-order valence-electron chi connectivity index (χ4n) is 7.26. The number of methoxy groups -OCH3 is 1. The zero-order valence-electron chi connectivity index (χ0n) is 23.6. The number of aryl methyl sites for hydroxylation is 1. The molecule has 1 fully saturated rings. The van der Waals surface area contributed by atoms with Crippen LogP contribution in [-0.4, -0.2) is 77.0 Å². The molecule has 0 aliphatic carbocycles. The summed E-state index contributed by atoms with van der Waals surface area (Å²) in [5.74, 6) is 1.32. The Morgan fingerprint density at radius 2 is 1.82 bits per heavy atom. The van der Waals surface area contributed by atoms with E-state index in [9.17, 15) is 20.1 Å². The number of phenolic OH excluding ortho intramolecular Hbond substituents is 2. The van der Waals surface area contributed by atoms with Gasteiger partial charge >= 0.3 is 5.97 Å². The molecule has 5 atom stereocenters. The first-order chi connectivity index (χ1) is 18.7. The summed E-state index contributed by atoms with van der Waals surface area (Å²) < 4.78 is 22.9. The van der Waals surface area contributed by atoms with Crippen molar-refractivity contribution in [1.29, 1.82) is 0 Å². The van der Waals surface area contributed by atoms with Crippen LogP contribution in [0.4, 0.5) is 0 Å². The molecule has 1 saturated heterocycles. The summed E-state index contributed by atoms with van der Waals surface area (Å²) in [5, 5.41) is 34.7. The first-order valence-electron chi connectivity index (χ1n) is 13.6. The Labute approximate surface area is 269 Å². The number of rotatable bonds is 5. The molecule has 0 amide bonds. The minimum absolute atomic E-state index is 0. The maximum atomic E-state index is 12.5. The number of esters is 1. The van der Waals surface area contributed by atoms with Crippen LogP contribution in [0.5, 0.6) is 28.7 Å². The first-order valence-corrected chi connectivity index (χ1v) is 13.6. The van der Waals surface area contributed by atoms with Crippen molar-refractivity contribution in [2.45, 2.75) is 76.8 Å². The summed E-state index contributed by atoms with van der Waals surface area (Å²) in [6.07, 6.45) is 0.950. The Kier molecular flexibility index (Phi) is 8.28. The van der Waals surface area contributed by atoms with Crippen molar-refractivity contribution < 1.29 is 83.1 Å². The molecular formula is C29H36AcN2O8. The summed E-state index contributed by atoms with van der Waals surface area (Å²) in [5.41, 5.74) is 4.51. The third-order valence-electron chi connectivity index (χ3n) is 8.98. The number of fused-ring (bicyclic) bond motifs is 9. The summed E-state index contributed by atoms with van der Waals surface area (Å²) >= 11 is 0. The molecule has 11 heteroatoms. The van der Waals surface area contributed by atoms with E-state index < -0.39 is 12.3 Å². The summed E-state index contributed by atoms with van der Waals surface area (Å²) in [4.78, 5) is 16.6. The van der Waals surface area contributed by atoms with Crippen LogP contribution in [0.1, 0.15) is 65.2 Å². The Bertz CT molecular complexity index is 1350. The maximum Gasteiger partial charge on any atom is 0.305 e. The van der Waals surface area contributed by atoms with Gasteiger partial charge in [0.1, 0.15) is 18.6 Å². The van der Waals surface area contributed by atoms with E-state index in [4.69, 9.17) is 18.9 Å². The van der Waals surface area contributed by atoms with Gasteiger partial charge in [0.05, 0.1) is 25.2 Å². The molecule has 0 spiro atoms. The van der Waals surface area contributed by atoms with E-state index in [-0.39, 0.29) is 99.5 Å². The van der Waals surface area contributed by atoms with Gasteiger partial charge in [-0.15, -0.1) is 0 Å². The van der Waals surface area contributed by atoms with E-state index in [1.807, 2.05) is 31.9 Å². The molecule has 1 unspecified atom stereocenters.